The summed E-state index contributed by atoms with van der Waals surface area (Å²) in [5.41, 5.74) is -0.418. The number of nitrogens with zero attached hydrogens (tertiary/aromatic N) is 3. The van der Waals surface area contributed by atoms with Crippen LogP contribution in [-0.2, 0) is 4.74 Å². The van der Waals surface area contributed by atoms with Crippen LogP contribution in [0.3, 0.4) is 0 Å². The number of nitrogens with one attached hydrogen (secondary N) is 1. The number of rotatable bonds is 6. The van der Waals surface area contributed by atoms with Gasteiger partial charge in [-0.25, -0.2) is 9.36 Å². The topological polar surface area (TPSA) is 95.2 Å². The zero-order valence-electron chi connectivity index (χ0n) is 17.2. The second-order valence-electron chi connectivity index (χ2n) is 7.49. The average Bonchev–Trinajstić information content (AvgIpc) is 3.32. The van der Waals surface area contributed by atoms with Crippen LogP contribution in [0.15, 0.2) is 70.3 Å². The molecule has 8 heteroatoms. The standard InChI is InChI=1S/C23H24N4O4/c1-16(17-9-4-2-5-10-17)26-22(29)20(21(28)24-15-19-13-8-14-31-19)25-27(23(26)30)18-11-6-3-7-12-18/h2-7,9-12,16,19H,8,13-15H2,1H3,(H,24,28). The lowest BCUT2D eigenvalue weighted by molar-refractivity contribution is 0.0849. The molecule has 2 unspecified atom stereocenters. The molecule has 8 nitrogen and oxygen atoms in total. The molecule has 1 saturated heterocycles. The number of ether oxygens (including phenoxy) is 1. The van der Waals surface area contributed by atoms with E-state index in [-0.39, 0.29) is 11.8 Å². The first-order chi connectivity index (χ1) is 15.1. The van der Waals surface area contributed by atoms with Crippen LogP contribution in [0.5, 0.6) is 0 Å². The molecule has 1 N–H and O–H groups in total. The molecule has 2 atom stereocenters. The van der Waals surface area contributed by atoms with Gasteiger partial charge >= 0.3 is 5.69 Å². The molecule has 0 aliphatic carbocycles. The van der Waals surface area contributed by atoms with Crippen molar-refractivity contribution in [1.82, 2.24) is 19.7 Å². The second-order valence-corrected chi connectivity index (χ2v) is 7.49. The molecule has 4 rings (SSSR count). The van der Waals surface area contributed by atoms with Crippen LogP contribution < -0.4 is 16.6 Å². The molecule has 1 aliphatic heterocycles. The minimum atomic E-state index is -0.724. The van der Waals surface area contributed by atoms with Crippen LogP contribution in [0.25, 0.3) is 5.69 Å². The van der Waals surface area contributed by atoms with Gasteiger partial charge in [0.25, 0.3) is 11.5 Å². The Morgan fingerprint density at radius 3 is 2.45 bits per heavy atom. The number of amides is 1. The first-order valence-corrected chi connectivity index (χ1v) is 10.3. The SMILES string of the molecule is CC(c1ccccc1)n1c(=O)c(C(=O)NCC2CCCO2)nn(-c2ccccc2)c1=O. The van der Waals surface area contributed by atoms with Gasteiger partial charge in [0, 0.05) is 13.2 Å². The highest BCUT2D eigenvalue weighted by Gasteiger charge is 2.25. The van der Waals surface area contributed by atoms with Gasteiger partial charge in [0.1, 0.15) is 0 Å². The monoisotopic (exact) mass is 420 g/mol. The highest BCUT2D eigenvalue weighted by atomic mass is 16.5. The van der Waals surface area contributed by atoms with Gasteiger partial charge in [-0.15, -0.1) is 0 Å². The molecule has 0 saturated carbocycles. The van der Waals surface area contributed by atoms with Gasteiger partial charge in [-0.2, -0.15) is 9.78 Å². The Hall–Kier alpha value is -3.52. The number of hydrogen-bond acceptors (Lipinski definition) is 5. The number of benzene rings is 2. The van der Waals surface area contributed by atoms with Crippen molar-refractivity contribution in [2.75, 3.05) is 13.2 Å². The van der Waals surface area contributed by atoms with Crippen molar-refractivity contribution in [2.45, 2.75) is 31.9 Å². The van der Waals surface area contributed by atoms with E-state index < -0.39 is 23.2 Å². The molecule has 0 bridgehead atoms. The summed E-state index contributed by atoms with van der Waals surface area (Å²) in [5.74, 6) is -0.626. The number of aromatic nitrogens is 3. The third-order valence-electron chi connectivity index (χ3n) is 5.41. The highest BCUT2D eigenvalue weighted by Crippen LogP contribution is 2.14. The minimum absolute atomic E-state index is 0.0746. The van der Waals surface area contributed by atoms with Crippen LogP contribution in [0, 0.1) is 0 Å². The van der Waals surface area contributed by atoms with E-state index in [1.807, 2.05) is 36.4 Å². The molecule has 1 aliphatic rings. The van der Waals surface area contributed by atoms with Crippen LogP contribution >= 0.6 is 0 Å². The molecular formula is C23H24N4O4. The summed E-state index contributed by atoms with van der Waals surface area (Å²) in [7, 11) is 0. The highest BCUT2D eigenvalue weighted by molar-refractivity contribution is 5.91. The Kier molecular flexibility index (Phi) is 6.08. The van der Waals surface area contributed by atoms with E-state index in [1.54, 1.807) is 31.2 Å². The molecule has 1 amide bonds. The predicted molar refractivity (Wildman–Crippen MR) is 116 cm³/mol. The Labute approximate surface area is 179 Å². The van der Waals surface area contributed by atoms with Crippen molar-refractivity contribution < 1.29 is 9.53 Å². The Balaban J connectivity index is 1.79. The summed E-state index contributed by atoms with van der Waals surface area (Å²) in [4.78, 5) is 39.3. The fraction of sp³-hybridized carbons (Fsp3) is 0.304. The maximum atomic E-state index is 13.3. The van der Waals surface area contributed by atoms with Gasteiger partial charge in [-0.1, -0.05) is 48.5 Å². The minimum Gasteiger partial charge on any atom is -0.376 e. The fourth-order valence-electron chi connectivity index (χ4n) is 3.69. The molecule has 0 radical (unpaired) electrons. The third-order valence-corrected chi connectivity index (χ3v) is 5.41. The van der Waals surface area contributed by atoms with Crippen molar-refractivity contribution >= 4 is 5.91 Å². The van der Waals surface area contributed by atoms with Gasteiger partial charge in [-0.05, 0) is 37.5 Å². The van der Waals surface area contributed by atoms with Gasteiger partial charge in [-0.3, -0.25) is 9.59 Å². The summed E-state index contributed by atoms with van der Waals surface area (Å²) in [6.45, 7) is 2.71. The predicted octanol–water partition coefficient (Wildman–Crippen LogP) is 1.91. The molecule has 0 spiro atoms. The molecule has 3 aromatic rings. The maximum Gasteiger partial charge on any atom is 0.352 e. The van der Waals surface area contributed by atoms with Crippen molar-refractivity contribution in [2.24, 2.45) is 0 Å². The first-order valence-electron chi connectivity index (χ1n) is 10.3. The number of carbonyl (C=O) groups excluding carboxylic acids is 1. The van der Waals surface area contributed by atoms with Crippen LogP contribution in [0.2, 0.25) is 0 Å². The molecule has 31 heavy (non-hydrogen) atoms. The number of hydrogen-bond donors (Lipinski definition) is 1. The average molecular weight is 420 g/mol. The summed E-state index contributed by atoms with van der Waals surface area (Å²) < 4.78 is 7.71. The summed E-state index contributed by atoms with van der Waals surface area (Å²) in [6, 6.07) is 17.4. The van der Waals surface area contributed by atoms with Gasteiger partial charge in [0.2, 0.25) is 5.69 Å². The zero-order valence-corrected chi connectivity index (χ0v) is 17.2. The van der Waals surface area contributed by atoms with Crippen molar-refractivity contribution in [1.29, 1.82) is 0 Å². The van der Waals surface area contributed by atoms with Crippen molar-refractivity contribution in [3.63, 3.8) is 0 Å². The molecule has 160 valence electrons. The normalized spacial score (nSPS) is 16.7. The Morgan fingerprint density at radius 1 is 1.13 bits per heavy atom. The summed E-state index contributed by atoms with van der Waals surface area (Å²) in [5, 5.41) is 6.87. The molecule has 2 aromatic carbocycles. The largest absolute Gasteiger partial charge is 0.376 e. The Bertz CT molecular complexity index is 1170. The van der Waals surface area contributed by atoms with E-state index >= 15 is 0 Å². The lowest BCUT2D eigenvalue weighted by Gasteiger charge is -2.18. The lowest BCUT2D eigenvalue weighted by atomic mass is 10.1. The van der Waals surface area contributed by atoms with E-state index in [0.29, 0.717) is 18.8 Å². The smallest absolute Gasteiger partial charge is 0.352 e. The quantitative estimate of drug-likeness (QED) is 0.657. The second kappa shape index (κ2) is 9.09. The fourth-order valence-corrected chi connectivity index (χ4v) is 3.69. The van der Waals surface area contributed by atoms with Gasteiger partial charge < -0.3 is 10.1 Å². The third kappa shape index (κ3) is 4.34. The van der Waals surface area contributed by atoms with Crippen LogP contribution in [-0.4, -0.2) is 39.5 Å². The first kappa shape index (κ1) is 20.7. The number of para-hydroxylation sites is 1. The van der Waals surface area contributed by atoms with E-state index in [4.69, 9.17) is 4.74 Å². The van der Waals surface area contributed by atoms with E-state index in [9.17, 15) is 14.4 Å². The Morgan fingerprint density at radius 2 is 1.81 bits per heavy atom. The van der Waals surface area contributed by atoms with Gasteiger partial charge in [0.15, 0.2) is 0 Å². The van der Waals surface area contributed by atoms with Crippen LogP contribution in [0.1, 0.15) is 41.9 Å². The van der Waals surface area contributed by atoms with Crippen LogP contribution in [0.4, 0.5) is 0 Å². The van der Waals surface area contributed by atoms with Gasteiger partial charge in [0.05, 0.1) is 17.8 Å². The molecule has 1 aromatic heterocycles. The van der Waals surface area contributed by atoms with E-state index in [1.165, 1.54) is 0 Å². The summed E-state index contributed by atoms with van der Waals surface area (Å²) in [6.07, 6.45) is 1.72. The molecular weight excluding hydrogens is 396 g/mol. The lowest BCUT2D eigenvalue weighted by Crippen LogP contribution is -2.47. The van der Waals surface area contributed by atoms with E-state index in [0.717, 1.165) is 27.7 Å². The van der Waals surface area contributed by atoms with Crippen molar-refractivity contribution in [3.05, 3.63) is 92.8 Å². The van der Waals surface area contributed by atoms with Crippen molar-refractivity contribution in [3.8, 4) is 5.69 Å². The molecule has 2 heterocycles. The zero-order chi connectivity index (χ0) is 21.8. The molecule has 1 fully saturated rings. The maximum absolute atomic E-state index is 13.3. The summed E-state index contributed by atoms with van der Waals surface area (Å²) >= 11 is 0. The van der Waals surface area contributed by atoms with E-state index in [2.05, 4.69) is 10.4 Å². The number of carbonyl (C=O) groups is 1.